The molecule has 0 unspecified atom stereocenters. The molecule has 0 spiro atoms. The van der Waals surface area contributed by atoms with Crippen LogP contribution in [0.1, 0.15) is 18.1 Å². The van der Waals surface area contributed by atoms with Crippen molar-refractivity contribution in [3.8, 4) is 0 Å². The standard InChI is InChI=1S/C10H11Cl/c1-7-5-8-3-2-4-10(11)9(8)6-7/h2-4,7H,5-6H2,1H3/t7-/m0/s1. The topological polar surface area (TPSA) is 0 Å². The molecule has 1 aliphatic carbocycles. The molecule has 58 valence electrons. The first-order valence-corrected chi connectivity index (χ1v) is 4.41. The molecule has 0 N–H and O–H groups in total. The Morgan fingerprint density at radius 2 is 2.18 bits per heavy atom. The molecule has 11 heavy (non-hydrogen) atoms. The molecular formula is C10H11Cl. The normalized spacial score (nSPS) is 21.8. The van der Waals surface area contributed by atoms with E-state index in [1.54, 1.807) is 0 Å². The Morgan fingerprint density at radius 3 is 2.91 bits per heavy atom. The minimum Gasteiger partial charge on any atom is -0.0840 e. The van der Waals surface area contributed by atoms with Gasteiger partial charge in [-0.05, 0) is 36.0 Å². The monoisotopic (exact) mass is 166 g/mol. The molecule has 1 aromatic carbocycles. The largest absolute Gasteiger partial charge is 0.0840 e. The lowest BCUT2D eigenvalue weighted by molar-refractivity contribution is 0.628. The maximum absolute atomic E-state index is 6.03. The summed E-state index contributed by atoms with van der Waals surface area (Å²) in [4.78, 5) is 0. The van der Waals surface area contributed by atoms with Crippen molar-refractivity contribution >= 4 is 11.6 Å². The summed E-state index contributed by atoms with van der Waals surface area (Å²) in [5.74, 6) is 0.782. The van der Waals surface area contributed by atoms with Crippen LogP contribution in [0.2, 0.25) is 5.02 Å². The van der Waals surface area contributed by atoms with Gasteiger partial charge in [0.1, 0.15) is 0 Å². The van der Waals surface area contributed by atoms with Crippen LogP contribution < -0.4 is 0 Å². The second-order valence-corrected chi connectivity index (χ2v) is 3.80. The number of hydrogen-bond acceptors (Lipinski definition) is 0. The minimum atomic E-state index is 0.782. The minimum absolute atomic E-state index is 0.782. The Bertz CT molecular complexity index is 278. The summed E-state index contributed by atoms with van der Waals surface area (Å²) in [6.45, 7) is 2.27. The van der Waals surface area contributed by atoms with E-state index in [-0.39, 0.29) is 0 Å². The van der Waals surface area contributed by atoms with Crippen molar-refractivity contribution in [2.75, 3.05) is 0 Å². The quantitative estimate of drug-likeness (QED) is 0.556. The van der Waals surface area contributed by atoms with Crippen LogP contribution in [0.4, 0.5) is 0 Å². The summed E-state index contributed by atoms with van der Waals surface area (Å²) >= 11 is 6.03. The fourth-order valence-corrected chi connectivity index (χ4v) is 2.09. The van der Waals surface area contributed by atoms with E-state index >= 15 is 0 Å². The van der Waals surface area contributed by atoms with Gasteiger partial charge in [0.25, 0.3) is 0 Å². The molecule has 1 aromatic rings. The lowest BCUT2D eigenvalue weighted by atomic mass is 10.1. The van der Waals surface area contributed by atoms with Gasteiger partial charge >= 0.3 is 0 Å². The van der Waals surface area contributed by atoms with Crippen LogP contribution in [0, 0.1) is 5.92 Å². The van der Waals surface area contributed by atoms with Gasteiger partial charge in [-0.15, -0.1) is 0 Å². The first kappa shape index (κ1) is 7.17. The maximum atomic E-state index is 6.03. The molecule has 0 bridgehead atoms. The van der Waals surface area contributed by atoms with Crippen molar-refractivity contribution in [3.63, 3.8) is 0 Å². The van der Waals surface area contributed by atoms with Gasteiger partial charge in [0.2, 0.25) is 0 Å². The summed E-state index contributed by atoms with van der Waals surface area (Å²) in [7, 11) is 0. The van der Waals surface area contributed by atoms with E-state index in [1.807, 2.05) is 12.1 Å². The van der Waals surface area contributed by atoms with Gasteiger partial charge in [-0.25, -0.2) is 0 Å². The van der Waals surface area contributed by atoms with Gasteiger partial charge in [0, 0.05) is 5.02 Å². The summed E-state index contributed by atoms with van der Waals surface area (Å²) in [5.41, 5.74) is 2.83. The van der Waals surface area contributed by atoms with E-state index < -0.39 is 0 Å². The highest BCUT2D eigenvalue weighted by Gasteiger charge is 2.18. The van der Waals surface area contributed by atoms with E-state index in [0.717, 1.165) is 17.4 Å². The van der Waals surface area contributed by atoms with Gasteiger partial charge in [-0.3, -0.25) is 0 Å². The number of hydrogen-bond donors (Lipinski definition) is 0. The third-order valence-electron chi connectivity index (χ3n) is 2.34. The van der Waals surface area contributed by atoms with Crippen molar-refractivity contribution in [3.05, 3.63) is 34.3 Å². The van der Waals surface area contributed by atoms with E-state index in [9.17, 15) is 0 Å². The molecule has 0 heterocycles. The molecular weight excluding hydrogens is 156 g/mol. The molecule has 2 rings (SSSR count). The Hall–Kier alpha value is -0.490. The Morgan fingerprint density at radius 1 is 1.36 bits per heavy atom. The predicted octanol–water partition coefficient (Wildman–Crippen LogP) is 3.07. The Labute approximate surface area is 72.2 Å². The number of benzene rings is 1. The average molecular weight is 167 g/mol. The average Bonchev–Trinajstić information content (AvgIpc) is 2.31. The highest BCUT2D eigenvalue weighted by atomic mass is 35.5. The van der Waals surface area contributed by atoms with Crippen LogP contribution in [0.3, 0.4) is 0 Å². The van der Waals surface area contributed by atoms with Crippen molar-refractivity contribution < 1.29 is 0 Å². The van der Waals surface area contributed by atoms with Gasteiger partial charge in [0.05, 0.1) is 0 Å². The Kier molecular flexibility index (Phi) is 1.65. The first-order valence-electron chi connectivity index (χ1n) is 4.03. The summed E-state index contributed by atoms with van der Waals surface area (Å²) in [5, 5.41) is 0.951. The van der Waals surface area contributed by atoms with Crippen LogP contribution in [-0.2, 0) is 12.8 Å². The summed E-state index contributed by atoms with van der Waals surface area (Å²) in [6, 6.07) is 6.21. The molecule has 0 aliphatic heterocycles. The highest BCUT2D eigenvalue weighted by molar-refractivity contribution is 6.31. The van der Waals surface area contributed by atoms with Gasteiger partial charge in [-0.2, -0.15) is 0 Å². The zero-order chi connectivity index (χ0) is 7.84. The number of rotatable bonds is 0. The van der Waals surface area contributed by atoms with E-state index in [4.69, 9.17) is 11.6 Å². The number of fused-ring (bicyclic) bond motifs is 1. The van der Waals surface area contributed by atoms with Crippen LogP contribution in [0.5, 0.6) is 0 Å². The first-order chi connectivity index (χ1) is 5.27. The zero-order valence-corrected chi connectivity index (χ0v) is 7.36. The fourth-order valence-electron chi connectivity index (χ4n) is 1.82. The van der Waals surface area contributed by atoms with Gasteiger partial charge < -0.3 is 0 Å². The third-order valence-corrected chi connectivity index (χ3v) is 2.69. The molecule has 1 atom stereocenters. The van der Waals surface area contributed by atoms with E-state index in [1.165, 1.54) is 17.5 Å². The molecule has 0 aromatic heterocycles. The summed E-state index contributed by atoms with van der Waals surface area (Å²) in [6.07, 6.45) is 2.37. The smallest absolute Gasteiger partial charge is 0.0440 e. The van der Waals surface area contributed by atoms with Crippen molar-refractivity contribution in [1.29, 1.82) is 0 Å². The lowest BCUT2D eigenvalue weighted by Gasteiger charge is -1.98. The third kappa shape index (κ3) is 1.16. The molecule has 0 saturated heterocycles. The molecule has 1 aliphatic rings. The SMILES string of the molecule is C[C@H]1Cc2cccc(Cl)c2C1. The maximum Gasteiger partial charge on any atom is 0.0440 e. The van der Waals surface area contributed by atoms with E-state index in [0.29, 0.717) is 0 Å². The van der Waals surface area contributed by atoms with Crippen LogP contribution in [0.25, 0.3) is 0 Å². The molecule has 0 saturated carbocycles. The predicted molar refractivity (Wildman–Crippen MR) is 48.0 cm³/mol. The second kappa shape index (κ2) is 2.53. The molecule has 0 radical (unpaired) electrons. The molecule has 0 amide bonds. The summed E-state index contributed by atoms with van der Waals surface area (Å²) < 4.78 is 0. The second-order valence-electron chi connectivity index (χ2n) is 3.39. The van der Waals surface area contributed by atoms with Gasteiger partial charge in [0.15, 0.2) is 0 Å². The van der Waals surface area contributed by atoms with E-state index in [2.05, 4.69) is 13.0 Å². The van der Waals surface area contributed by atoms with Crippen molar-refractivity contribution in [2.24, 2.45) is 5.92 Å². The fraction of sp³-hybridized carbons (Fsp3) is 0.400. The van der Waals surface area contributed by atoms with Crippen LogP contribution in [0.15, 0.2) is 18.2 Å². The number of halogens is 1. The lowest BCUT2D eigenvalue weighted by Crippen LogP contribution is -1.89. The van der Waals surface area contributed by atoms with Crippen LogP contribution >= 0.6 is 11.6 Å². The Balaban J connectivity index is 2.49. The van der Waals surface area contributed by atoms with Crippen molar-refractivity contribution in [1.82, 2.24) is 0 Å². The van der Waals surface area contributed by atoms with Crippen LogP contribution in [-0.4, -0.2) is 0 Å². The molecule has 0 fully saturated rings. The van der Waals surface area contributed by atoms with Crippen molar-refractivity contribution in [2.45, 2.75) is 19.8 Å². The highest BCUT2D eigenvalue weighted by Crippen LogP contribution is 2.31. The zero-order valence-electron chi connectivity index (χ0n) is 6.60. The van der Waals surface area contributed by atoms with Gasteiger partial charge in [-0.1, -0.05) is 30.7 Å². The molecule has 1 heteroatoms. The molecule has 0 nitrogen and oxygen atoms in total.